The van der Waals surface area contributed by atoms with Crippen LogP contribution in [0.15, 0.2) is 164 Å². The zero-order valence-corrected chi connectivity index (χ0v) is 24.9. The van der Waals surface area contributed by atoms with Crippen LogP contribution in [0, 0.1) is 0 Å². The fourth-order valence-corrected chi connectivity index (χ4v) is 6.73. The Morgan fingerprint density at radius 2 is 0.978 bits per heavy atom. The average molecular weight is 586 g/mol. The first-order chi connectivity index (χ1) is 22.8. The van der Waals surface area contributed by atoms with Crippen molar-refractivity contribution >= 4 is 32.3 Å². The second kappa shape index (κ2) is 10.8. The lowest BCUT2D eigenvalue weighted by Gasteiger charge is -2.16. The molecule has 214 valence electrons. The van der Waals surface area contributed by atoms with Crippen LogP contribution in [-0.2, 0) is 0 Å². The molecule has 2 aromatic heterocycles. The Labute approximate surface area is 266 Å². The third-order valence-electron chi connectivity index (χ3n) is 8.96. The molecule has 0 saturated carbocycles. The molecule has 0 fully saturated rings. The SMILES string of the molecule is c1ccc(-c2ccc(-c3nc(-c4ccccc4-c4cccnc4)cc(-c4ccc5ccc6cccc7ccc4c5c67)n3)cc2)cc1. The first kappa shape index (κ1) is 26.2. The van der Waals surface area contributed by atoms with E-state index in [2.05, 4.69) is 145 Å². The smallest absolute Gasteiger partial charge is 0.160 e. The minimum absolute atomic E-state index is 0.693. The molecule has 0 N–H and O–H groups in total. The van der Waals surface area contributed by atoms with E-state index in [1.54, 1.807) is 6.20 Å². The number of rotatable bonds is 5. The van der Waals surface area contributed by atoms with Gasteiger partial charge in [-0.3, -0.25) is 4.98 Å². The molecule has 0 aliphatic rings. The van der Waals surface area contributed by atoms with Gasteiger partial charge >= 0.3 is 0 Å². The number of hydrogen-bond donors (Lipinski definition) is 0. The van der Waals surface area contributed by atoms with Gasteiger partial charge in [0.1, 0.15) is 0 Å². The molecule has 0 spiro atoms. The van der Waals surface area contributed by atoms with Gasteiger partial charge in [-0.1, -0.05) is 140 Å². The highest BCUT2D eigenvalue weighted by Gasteiger charge is 2.17. The van der Waals surface area contributed by atoms with Crippen molar-refractivity contribution in [2.75, 3.05) is 0 Å². The van der Waals surface area contributed by atoms with Crippen molar-refractivity contribution in [3.63, 3.8) is 0 Å². The van der Waals surface area contributed by atoms with Gasteiger partial charge in [0.25, 0.3) is 0 Å². The molecule has 0 radical (unpaired) electrons. The molecule has 0 aliphatic heterocycles. The van der Waals surface area contributed by atoms with Crippen LogP contribution in [0.2, 0.25) is 0 Å². The van der Waals surface area contributed by atoms with Gasteiger partial charge in [0.15, 0.2) is 5.82 Å². The van der Waals surface area contributed by atoms with Gasteiger partial charge in [-0.25, -0.2) is 9.97 Å². The molecule has 0 saturated heterocycles. The van der Waals surface area contributed by atoms with Crippen molar-refractivity contribution in [1.82, 2.24) is 15.0 Å². The van der Waals surface area contributed by atoms with Crippen LogP contribution in [0.4, 0.5) is 0 Å². The Hall–Kier alpha value is -6.19. The maximum atomic E-state index is 5.26. The lowest BCUT2D eigenvalue weighted by molar-refractivity contribution is 1.18. The second-order valence-electron chi connectivity index (χ2n) is 11.7. The Bertz CT molecular complexity index is 2490. The molecule has 7 aromatic carbocycles. The predicted octanol–water partition coefficient (Wildman–Crippen LogP) is 11.1. The standard InChI is InChI=1S/C43H27N3/c1-2-8-28(9-3-1)29-15-19-33(20-16-29)43-45-39(36-14-5-4-13-35(36)34-12-7-25-44-27-34)26-40(46-43)37-23-21-32-18-17-30-10-6-11-31-22-24-38(37)42(32)41(30)31/h1-27H. The summed E-state index contributed by atoms with van der Waals surface area (Å²) >= 11 is 0. The fraction of sp³-hybridized carbons (Fsp3) is 0. The van der Waals surface area contributed by atoms with Crippen LogP contribution in [0.3, 0.4) is 0 Å². The van der Waals surface area contributed by atoms with Crippen molar-refractivity contribution < 1.29 is 0 Å². The summed E-state index contributed by atoms with van der Waals surface area (Å²) in [4.78, 5) is 14.9. The van der Waals surface area contributed by atoms with Gasteiger partial charge < -0.3 is 0 Å². The summed E-state index contributed by atoms with van der Waals surface area (Å²) in [5, 5.41) is 7.50. The zero-order chi connectivity index (χ0) is 30.5. The number of nitrogens with zero attached hydrogens (tertiary/aromatic N) is 3. The lowest BCUT2D eigenvalue weighted by Crippen LogP contribution is -1.98. The number of hydrogen-bond acceptors (Lipinski definition) is 3. The summed E-state index contributed by atoms with van der Waals surface area (Å²) in [7, 11) is 0. The molecule has 9 aromatic rings. The van der Waals surface area contributed by atoms with Crippen LogP contribution < -0.4 is 0 Å². The van der Waals surface area contributed by atoms with Gasteiger partial charge in [0, 0.05) is 34.6 Å². The largest absolute Gasteiger partial charge is 0.264 e. The van der Waals surface area contributed by atoms with Crippen LogP contribution in [0.25, 0.3) is 88.5 Å². The maximum Gasteiger partial charge on any atom is 0.160 e. The van der Waals surface area contributed by atoms with Crippen molar-refractivity contribution in [1.29, 1.82) is 0 Å². The summed E-state index contributed by atoms with van der Waals surface area (Å²) in [5.74, 6) is 0.693. The summed E-state index contributed by atoms with van der Waals surface area (Å²) in [6.45, 7) is 0. The Balaban J connectivity index is 1.28. The van der Waals surface area contributed by atoms with E-state index in [0.717, 1.165) is 44.8 Å². The van der Waals surface area contributed by atoms with Crippen molar-refractivity contribution in [3.05, 3.63) is 164 Å². The Morgan fingerprint density at radius 1 is 0.370 bits per heavy atom. The minimum Gasteiger partial charge on any atom is -0.264 e. The Morgan fingerprint density at radius 3 is 1.74 bits per heavy atom. The van der Waals surface area contributed by atoms with Crippen molar-refractivity contribution in [2.24, 2.45) is 0 Å². The van der Waals surface area contributed by atoms with E-state index in [1.807, 2.05) is 18.3 Å². The van der Waals surface area contributed by atoms with E-state index in [4.69, 9.17) is 9.97 Å². The molecule has 0 bridgehead atoms. The average Bonchev–Trinajstić information content (AvgIpc) is 3.14. The molecule has 46 heavy (non-hydrogen) atoms. The second-order valence-corrected chi connectivity index (χ2v) is 11.7. The number of pyridine rings is 1. The fourth-order valence-electron chi connectivity index (χ4n) is 6.73. The van der Waals surface area contributed by atoms with E-state index >= 15 is 0 Å². The van der Waals surface area contributed by atoms with E-state index < -0.39 is 0 Å². The molecule has 0 amide bonds. The molecule has 9 rings (SSSR count). The lowest BCUT2D eigenvalue weighted by atomic mass is 9.90. The topological polar surface area (TPSA) is 38.7 Å². The van der Waals surface area contributed by atoms with Gasteiger partial charge in [0.05, 0.1) is 11.4 Å². The Kier molecular flexibility index (Phi) is 6.14. The summed E-state index contributed by atoms with van der Waals surface area (Å²) < 4.78 is 0. The van der Waals surface area contributed by atoms with Gasteiger partial charge in [-0.05, 0) is 61.1 Å². The van der Waals surface area contributed by atoms with E-state index in [9.17, 15) is 0 Å². The van der Waals surface area contributed by atoms with Crippen LogP contribution in [-0.4, -0.2) is 15.0 Å². The number of aromatic nitrogens is 3. The highest BCUT2D eigenvalue weighted by Crippen LogP contribution is 2.40. The molecule has 0 atom stereocenters. The van der Waals surface area contributed by atoms with Crippen LogP contribution in [0.1, 0.15) is 0 Å². The van der Waals surface area contributed by atoms with E-state index in [1.165, 1.54) is 37.9 Å². The molecule has 0 unspecified atom stereocenters. The van der Waals surface area contributed by atoms with Crippen LogP contribution in [0.5, 0.6) is 0 Å². The first-order valence-electron chi connectivity index (χ1n) is 15.5. The molecule has 0 aliphatic carbocycles. The molecular formula is C43H27N3. The summed E-state index contributed by atoms with van der Waals surface area (Å²) in [6.07, 6.45) is 3.71. The van der Waals surface area contributed by atoms with Crippen molar-refractivity contribution in [2.45, 2.75) is 0 Å². The molecular weight excluding hydrogens is 558 g/mol. The molecule has 3 heteroatoms. The van der Waals surface area contributed by atoms with Gasteiger partial charge in [-0.2, -0.15) is 0 Å². The number of benzene rings is 7. The van der Waals surface area contributed by atoms with Crippen LogP contribution >= 0.6 is 0 Å². The van der Waals surface area contributed by atoms with Gasteiger partial charge in [-0.15, -0.1) is 0 Å². The minimum atomic E-state index is 0.693. The van der Waals surface area contributed by atoms with Crippen molar-refractivity contribution in [3.8, 4) is 56.2 Å². The zero-order valence-electron chi connectivity index (χ0n) is 24.9. The third-order valence-corrected chi connectivity index (χ3v) is 8.96. The summed E-state index contributed by atoms with van der Waals surface area (Å²) in [6, 6.07) is 53.5. The highest BCUT2D eigenvalue weighted by molar-refractivity contribution is 6.25. The highest BCUT2D eigenvalue weighted by atomic mass is 14.9. The van der Waals surface area contributed by atoms with E-state index in [0.29, 0.717) is 5.82 Å². The molecule has 2 heterocycles. The monoisotopic (exact) mass is 585 g/mol. The predicted molar refractivity (Wildman–Crippen MR) is 191 cm³/mol. The maximum absolute atomic E-state index is 5.26. The third kappa shape index (κ3) is 4.41. The van der Waals surface area contributed by atoms with E-state index in [-0.39, 0.29) is 0 Å². The summed E-state index contributed by atoms with van der Waals surface area (Å²) in [5.41, 5.74) is 9.35. The normalized spacial score (nSPS) is 11.5. The molecule has 3 nitrogen and oxygen atoms in total. The quantitative estimate of drug-likeness (QED) is 0.189. The first-order valence-corrected chi connectivity index (χ1v) is 15.5. The van der Waals surface area contributed by atoms with Gasteiger partial charge in [0.2, 0.25) is 0 Å².